The van der Waals surface area contributed by atoms with E-state index in [0.717, 1.165) is 18.7 Å². The molecule has 3 aliphatic rings. The normalized spacial score (nSPS) is 31.5. The maximum atomic E-state index is 12.3. The van der Waals surface area contributed by atoms with Crippen LogP contribution in [-0.4, -0.2) is 78.4 Å². The largest absolute Gasteiger partial charge is 0.418 e. The van der Waals surface area contributed by atoms with Crippen molar-refractivity contribution in [2.24, 2.45) is 5.92 Å². The number of nitrogens with one attached hydrogen (secondary N) is 2. The van der Waals surface area contributed by atoms with E-state index >= 15 is 0 Å². The lowest BCUT2D eigenvalue weighted by Gasteiger charge is -2.29. The minimum Gasteiger partial charge on any atom is -0.311 e. The molecule has 0 radical (unpaired) electrons. The van der Waals surface area contributed by atoms with Crippen molar-refractivity contribution in [3.05, 3.63) is 0 Å². The van der Waals surface area contributed by atoms with Crippen molar-refractivity contribution in [2.75, 3.05) is 25.4 Å². The summed E-state index contributed by atoms with van der Waals surface area (Å²) in [5, 5.41) is 3.88. The number of hydrogen-bond donors (Lipinski definition) is 4. The molecule has 0 aromatic carbocycles. The van der Waals surface area contributed by atoms with Gasteiger partial charge in [0.25, 0.3) is 5.91 Å². The highest BCUT2D eigenvalue weighted by atomic mass is 32.3. The molecular formula is C13H22N4O7S2. The van der Waals surface area contributed by atoms with Crippen molar-refractivity contribution in [2.45, 2.75) is 37.4 Å². The van der Waals surface area contributed by atoms with Crippen molar-refractivity contribution >= 4 is 35.0 Å². The Labute approximate surface area is 156 Å². The molecule has 0 aromatic heterocycles. The zero-order valence-electron chi connectivity index (χ0n) is 13.9. The average molecular weight is 410 g/mol. The van der Waals surface area contributed by atoms with Gasteiger partial charge in [0, 0.05) is 12.6 Å². The monoisotopic (exact) mass is 410 g/mol. The minimum atomic E-state index is -4.81. The number of urea groups is 1. The predicted octanol–water partition coefficient (Wildman–Crippen LogP) is -1.05. The van der Waals surface area contributed by atoms with Gasteiger partial charge in [-0.3, -0.25) is 14.2 Å². The summed E-state index contributed by atoms with van der Waals surface area (Å²) < 4.78 is 34.8. The first-order chi connectivity index (χ1) is 12.3. The van der Waals surface area contributed by atoms with Crippen LogP contribution in [0.3, 0.4) is 0 Å². The summed E-state index contributed by atoms with van der Waals surface area (Å²) >= 11 is 4.26. The molecule has 3 heterocycles. The molecule has 3 aliphatic heterocycles. The number of amides is 3. The van der Waals surface area contributed by atoms with Crippen LogP contribution in [0, 0.1) is 5.92 Å². The zero-order chi connectivity index (χ0) is 18.9. The number of piperidine rings is 1. The van der Waals surface area contributed by atoms with Crippen LogP contribution in [0.15, 0.2) is 0 Å². The molecule has 0 aromatic rings. The van der Waals surface area contributed by atoms with Gasteiger partial charge in [0.1, 0.15) is 6.04 Å². The number of carbonyl (C=O) groups is 2. The van der Waals surface area contributed by atoms with Crippen LogP contribution < -0.4 is 10.8 Å². The molecule has 3 rings (SSSR count). The summed E-state index contributed by atoms with van der Waals surface area (Å²) in [6.07, 6.45) is 1.61. The van der Waals surface area contributed by atoms with E-state index in [1.54, 1.807) is 0 Å². The van der Waals surface area contributed by atoms with Crippen LogP contribution in [0.2, 0.25) is 0 Å². The molecule has 0 saturated carbocycles. The Morgan fingerprint density at radius 2 is 2.19 bits per heavy atom. The summed E-state index contributed by atoms with van der Waals surface area (Å²) in [4.78, 5) is 31.1. The Bertz CT molecular complexity index is 661. The van der Waals surface area contributed by atoms with Crippen molar-refractivity contribution in [3.63, 3.8) is 0 Å². The second-order valence-electron chi connectivity index (χ2n) is 6.68. The predicted molar refractivity (Wildman–Crippen MR) is 91.2 cm³/mol. The van der Waals surface area contributed by atoms with Crippen LogP contribution in [0.1, 0.15) is 19.3 Å². The number of fused-ring (bicyclic) bond motifs is 2. The molecule has 11 nitrogen and oxygen atoms in total. The summed E-state index contributed by atoms with van der Waals surface area (Å²) in [5.74, 6) is 0.793. The fourth-order valence-corrected chi connectivity index (χ4v) is 4.22. The third kappa shape index (κ3) is 4.40. The van der Waals surface area contributed by atoms with E-state index < -0.39 is 34.4 Å². The van der Waals surface area contributed by atoms with Crippen molar-refractivity contribution in [1.29, 1.82) is 0 Å². The van der Waals surface area contributed by atoms with Gasteiger partial charge in [0.15, 0.2) is 0 Å². The summed E-state index contributed by atoms with van der Waals surface area (Å²) in [6, 6.07) is -1.96. The third-order valence-corrected chi connectivity index (χ3v) is 5.69. The van der Waals surface area contributed by atoms with Gasteiger partial charge in [0.05, 0.1) is 12.6 Å². The molecule has 3 saturated heterocycles. The lowest BCUT2D eigenvalue weighted by atomic mass is 10.0. The fraction of sp³-hybridized carbons (Fsp3) is 0.846. The molecule has 26 heavy (non-hydrogen) atoms. The van der Waals surface area contributed by atoms with Crippen molar-refractivity contribution in [1.82, 2.24) is 20.8 Å². The van der Waals surface area contributed by atoms with Gasteiger partial charge in [-0.1, -0.05) is 0 Å². The third-order valence-electron chi connectivity index (χ3n) is 4.83. The van der Waals surface area contributed by atoms with Gasteiger partial charge >= 0.3 is 16.4 Å². The van der Waals surface area contributed by atoms with Crippen molar-refractivity contribution < 1.29 is 31.7 Å². The van der Waals surface area contributed by atoms with E-state index in [1.807, 2.05) is 0 Å². The van der Waals surface area contributed by atoms with Gasteiger partial charge < -0.3 is 10.2 Å². The fourth-order valence-electron chi connectivity index (χ4n) is 3.55. The van der Waals surface area contributed by atoms with Gasteiger partial charge in [-0.25, -0.2) is 10.3 Å². The molecule has 3 N–H and O–H groups in total. The van der Waals surface area contributed by atoms with Gasteiger partial charge in [0.2, 0.25) is 0 Å². The first-order valence-corrected chi connectivity index (χ1v) is 10.3. The van der Waals surface area contributed by atoms with E-state index in [0.29, 0.717) is 30.4 Å². The van der Waals surface area contributed by atoms with Crippen LogP contribution >= 0.6 is 12.6 Å². The molecule has 2 unspecified atom stereocenters. The van der Waals surface area contributed by atoms with Crippen LogP contribution in [0.5, 0.6) is 0 Å². The molecule has 4 atom stereocenters. The highest BCUT2D eigenvalue weighted by Gasteiger charge is 2.49. The maximum absolute atomic E-state index is 12.3. The number of nitrogens with zero attached hydrogens (tertiary/aromatic N) is 2. The molecule has 3 amide bonds. The van der Waals surface area contributed by atoms with E-state index in [4.69, 9.17) is 9.39 Å². The molecular weight excluding hydrogens is 388 g/mol. The zero-order valence-corrected chi connectivity index (χ0v) is 15.6. The van der Waals surface area contributed by atoms with Gasteiger partial charge in [-0.05, 0) is 37.5 Å². The maximum Gasteiger partial charge on any atom is 0.418 e. The first-order valence-electron chi connectivity index (χ1n) is 8.31. The molecule has 3 fully saturated rings. The van der Waals surface area contributed by atoms with Gasteiger partial charge in [-0.2, -0.15) is 26.1 Å². The van der Waals surface area contributed by atoms with E-state index in [2.05, 4.69) is 27.7 Å². The average Bonchev–Trinajstić information content (AvgIpc) is 3.13. The Kier molecular flexibility index (Phi) is 5.94. The highest BCUT2D eigenvalue weighted by molar-refractivity contribution is 7.80. The van der Waals surface area contributed by atoms with Crippen LogP contribution in [0.4, 0.5) is 4.79 Å². The number of hydrogen-bond acceptors (Lipinski definition) is 8. The standard InChI is InChI=1S/C13H22N4O7S2/c18-12(15-23-6-9-3-8(7-25)4-14-9)11-2-1-10-5-16(11)13(19)17(10)24-26(20,21)22/h8-11,14,25H,1-7H2,(H,15,18)(H,20,21,22)/t8-,9+,10?,11?/m1/s1. The molecule has 0 aliphatic carbocycles. The van der Waals surface area contributed by atoms with Gasteiger partial charge in [-0.15, -0.1) is 4.28 Å². The number of rotatable bonds is 7. The smallest absolute Gasteiger partial charge is 0.311 e. The SMILES string of the molecule is O=C(NOC[C@@H]1C[C@@H](CS)CN1)C1CCC2CN1C(=O)N2OS(=O)(=O)O. The second-order valence-corrected chi connectivity index (χ2v) is 8.05. The molecule has 148 valence electrons. The topological polar surface area (TPSA) is 138 Å². The number of thiol groups is 1. The quantitative estimate of drug-likeness (QED) is 0.237. The number of carbonyl (C=O) groups excluding carboxylic acids is 2. The lowest BCUT2D eigenvalue weighted by Crippen LogP contribution is -2.50. The second kappa shape index (κ2) is 7.86. The summed E-state index contributed by atoms with van der Waals surface area (Å²) in [5.41, 5.74) is 2.36. The minimum absolute atomic E-state index is 0.134. The van der Waals surface area contributed by atoms with E-state index in [1.165, 1.54) is 4.90 Å². The lowest BCUT2D eigenvalue weighted by molar-refractivity contribution is -0.139. The Morgan fingerprint density at radius 3 is 2.85 bits per heavy atom. The Balaban J connectivity index is 1.49. The summed E-state index contributed by atoms with van der Waals surface area (Å²) in [6.45, 7) is 1.30. The highest BCUT2D eigenvalue weighted by Crippen LogP contribution is 2.30. The number of hydroxylamine groups is 3. The molecule has 2 bridgehead atoms. The van der Waals surface area contributed by atoms with Crippen LogP contribution in [-0.2, 0) is 24.3 Å². The van der Waals surface area contributed by atoms with Crippen LogP contribution in [0.25, 0.3) is 0 Å². The van der Waals surface area contributed by atoms with E-state index in [9.17, 15) is 18.0 Å². The summed E-state index contributed by atoms with van der Waals surface area (Å²) in [7, 11) is -4.81. The first kappa shape index (κ1) is 19.6. The molecule has 13 heteroatoms. The van der Waals surface area contributed by atoms with Crippen molar-refractivity contribution in [3.8, 4) is 0 Å². The Hall–Kier alpha value is -1.12. The molecule has 0 spiro atoms. The van der Waals surface area contributed by atoms with E-state index in [-0.39, 0.29) is 12.6 Å². The Morgan fingerprint density at radius 1 is 1.42 bits per heavy atom.